The molecule has 3 rings (SSSR count). The van der Waals surface area contributed by atoms with Crippen molar-refractivity contribution >= 4 is 18.3 Å². The largest absolute Gasteiger partial charge is 0.461 e. The molecule has 1 aromatic carbocycles. The Bertz CT molecular complexity index is 826. The van der Waals surface area contributed by atoms with Crippen LogP contribution in [0.25, 0.3) is 11.5 Å². The van der Waals surface area contributed by atoms with E-state index in [1.165, 1.54) is 17.9 Å². The van der Waals surface area contributed by atoms with Crippen molar-refractivity contribution in [3.05, 3.63) is 65.5 Å². The number of hydrogen-bond acceptors (Lipinski definition) is 5. The van der Waals surface area contributed by atoms with Crippen molar-refractivity contribution in [1.29, 1.82) is 0 Å². The first-order valence-electron chi connectivity index (χ1n) is 8.19. The Hall–Kier alpha value is -2.57. The Balaban J connectivity index is 0.00000243. The Labute approximate surface area is 158 Å². The molecule has 2 heterocycles. The summed E-state index contributed by atoms with van der Waals surface area (Å²) in [5, 5.41) is 6.54. The minimum Gasteiger partial charge on any atom is -0.461 e. The molecule has 1 unspecified atom stereocenters. The molecule has 3 aromatic rings. The van der Waals surface area contributed by atoms with Crippen molar-refractivity contribution < 1.29 is 13.7 Å². The van der Waals surface area contributed by atoms with Crippen LogP contribution in [0.15, 0.2) is 57.7 Å². The SMILES string of the molecule is CC(C)c1ccc(C(N)CNC(=O)c2cc(-c3ccco3)on2)cc1.Cl. The van der Waals surface area contributed by atoms with Crippen LogP contribution in [-0.2, 0) is 0 Å². The first-order valence-corrected chi connectivity index (χ1v) is 8.19. The lowest BCUT2D eigenvalue weighted by Crippen LogP contribution is -2.32. The van der Waals surface area contributed by atoms with Crippen LogP contribution < -0.4 is 11.1 Å². The van der Waals surface area contributed by atoms with Crippen LogP contribution >= 0.6 is 12.4 Å². The van der Waals surface area contributed by atoms with Gasteiger partial charge in [-0.3, -0.25) is 4.79 Å². The standard InChI is InChI=1S/C19H21N3O3.ClH/c1-12(2)13-5-7-14(8-6-13)15(20)11-21-19(23)16-10-18(25-22-16)17-4-3-9-24-17;/h3-10,12,15H,11,20H2,1-2H3,(H,21,23);1H. The van der Waals surface area contributed by atoms with Gasteiger partial charge in [0.15, 0.2) is 11.5 Å². The van der Waals surface area contributed by atoms with Crippen LogP contribution in [0.3, 0.4) is 0 Å². The van der Waals surface area contributed by atoms with Gasteiger partial charge in [0.05, 0.1) is 6.26 Å². The second kappa shape index (κ2) is 8.69. The number of halogens is 1. The molecule has 0 aliphatic carbocycles. The van der Waals surface area contributed by atoms with E-state index in [-0.39, 0.29) is 30.0 Å². The number of carbonyl (C=O) groups excluding carboxylic acids is 1. The van der Waals surface area contributed by atoms with E-state index < -0.39 is 0 Å². The molecule has 6 nitrogen and oxygen atoms in total. The van der Waals surface area contributed by atoms with E-state index >= 15 is 0 Å². The average Bonchev–Trinajstić information content (AvgIpc) is 3.30. The fourth-order valence-corrected chi connectivity index (χ4v) is 2.46. The predicted octanol–water partition coefficient (Wildman–Crippen LogP) is 3.91. The van der Waals surface area contributed by atoms with Crippen molar-refractivity contribution in [2.75, 3.05) is 6.54 Å². The maximum atomic E-state index is 12.2. The lowest BCUT2D eigenvalue weighted by molar-refractivity contribution is 0.0942. The Morgan fingerprint density at radius 2 is 1.85 bits per heavy atom. The van der Waals surface area contributed by atoms with Crippen molar-refractivity contribution in [2.24, 2.45) is 5.73 Å². The molecule has 1 amide bonds. The maximum absolute atomic E-state index is 12.2. The van der Waals surface area contributed by atoms with Gasteiger partial charge in [-0.2, -0.15) is 0 Å². The Kier molecular flexibility index (Phi) is 6.60. The molecule has 138 valence electrons. The molecular formula is C19H22ClN3O3. The molecule has 1 atom stereocenters. The quantitative estimate of drug-likeness (QED) is 0.681. The van der Waals surface area contributed by atoms with E-state index in [1.54, 1.807) is 12.1 Å². The molecule has 0 bridgehead atoms. The third-order valence-corrected chi connectivity index (χ3v) is 4.02. The number of rotatable bonds is 6. The number of hydrogen-bond donors (Lipinski definition) is 2. The maximum Gasteiger partial charge on any atom is 0.273 e. The number of furan rings is 1. The van der Waals surface area contributed by atoms with Crippen LogP contribution in [0.5, 0.6) is 0 Å². The van der Waals surface area contributed by atoms with E-state index in [4.69, 9.17) is 14.7 Å². The minimum absolute atomic E-state index is 0. The van der Waals surface area contributed by atoms with Crippen molar-refractivity contribution in [1.82, 2.24) is 10.5 Å². The van der Waals surface area contributed by atoms with E-state index in [1.807, 2.05) is 12.1 Å². The minimum atomic E-state index is -0.337. The molecule has 3 N–H and O–H groups in total. The summed E-state index contributed by atoms with van der Waals surface area (Å²) in [5.74, 6) is 1.06. The second-order valence-electron chi connectivity index (χ2n) is 6.19. The second-order valence-corrected chi connectivity index (χ2v) is 6.19. The molecule has 0 fully saturated rings. The zero-order chi connectivity index (χ0) is 17.8. The highest BCUT2D eigenvalue weighted by Gasteiger charge is 2.16. The number of amides is 1. The number of carbonyl (C=O) groups is 1. The highest BCUT2D eigenvalue weighted by Crippen LogP contribution is 2.21. The topological polar surface area (TPSA) is 94.3 Å². The highest BCUT2D eigenvalue weighted by molar-refractivity contribution is 5.92. The summed E-state index contributed by atoms with van der Waals surface area (Å²) >= 11 is 0. The Morgan fingerprint density at radius 3 is 2.46 bits per heavy atom. The summed E-state index contributed by atoms with van der Waals surface area (Å²) in [6.07, 6.45) is 1.53. The first-order chi connectivity index (χ1) is 12.0. The van der Waals surface area contributed by atoms with Crippen molar-refractivity contribution in [2.45, 2.75) is 25.8 Å². The lowest BCUT2D eigenvalue weighted by atomic mass is 9.99. The van der Waals surface area contributed by atoms with Crippen molar-refractivity contribution in [3.8, 4) is 11.5 Å². The molecule has 0 saturated carbocycles. The number of nitrogens with two attached hydrogens (primary N) is 1. The summed E-state index contributed by atoms with van der Waals surface area (Å²) in [6.45, 7) is 4.59. The van der Waals surface area contributed by atoms with Gasteiger partial charge in [-0.05, 0) is 29.2 Å². The third-order valence-electron chi connectivity index (χ3n) is 4.02. The number of benzene rings is 1. The molecule has 2 aromatic heterocycles. The average molecular weight is 376 g/mol. The molecule has 0 aliphatic heterocycles. The summed E-state index contributed by atoms with van der Waals surface area (Å²) in [4.78, 5) is 12.2. The van der Waals surface area contributed by atoms with Gasteiger partial charge >= 0.3 is 0 Å². The zero-order valence-electron chi connectivity index (χ0n) is 14.6. The van der Waals surface area contributed by atoms with E-state index in [2.05, 4.69) is 36.5 Å². The van der Waals surface area contributed by atoms with Gasteiger partial charge in [0.25, 0.3) is 5.91 Å². The van der Waals surface area contributed by atoms with Gasteiger partial charge < -0.3 is 20.0 Å². The Morgan fingerprint density at radius 1 is 1.15 bits per heavy atom. The molecule has 26 heavy (non-hydrogen) atoms. The summed E-state index contributed by atoms with van der Waals surface area (Å²) < 4.78 is 10.3. The van der Waals surface area contributed by atoms with Crippen LogP contribution in [0, 0.1) is 0 Å². The zero-order valence-corrected chi connectivity index (χ0v) is 15.5. The van der Waals surface area contributed by atoms with Crippen LogP contribution in [-0.4, -0.2) is 17.6 Å². The number of nitrogens with one attached hydrogen (secondary N) is 1. The lowest BCUT2D eigenvalue weighted by Gasteiger charge is -2.14. The molecule has 7 heteroatoms. The third kappa shape index (κ3) is 4.53. The normalized spacial score (nSPS) is 11.8. The van der Waals surface area contributed by atoms with E-state index in [0.717, 1.165) is 5.56 Å². The predicted molar refractivity (Wildman–Crippen MR) is 101 cm³/mol. The van der Waals surface area contributed by atoms with Gasteiger partial charge in [-0.25, -0.2) is 0 Å². The van der Waals surface area contributed by atoms with Crippen LogP contribution in [0.4, 0.5) is 0 Å². The summed E-state index contributed by atoms with van der Waals surface area (Å²) in [5.41, 5.74) is 8.58. The van der Waals surface area contributed by atoms with E-state index in [0.29, 0.717) is 24.0 Å². The van der Waals surface area contributed by atoms with Gasteiger partial charge in [0.1, 0.15) is 0 Å². The number of aromatic nitrogens is 1. The van der Waals surface area contributed by atoms with Crippen molar-refractivity contribution in [3.63, 3.8) is 0 Å². The van der Waals surface area contributed by atoms with E-state index in [9.17, 15) is 4.79 Å². The number of nitrogens with zero attached hydrogens (tertiary/aromatic N) is 1. The summed E-state index contributed by atoms with van der Waals surface area (Å²) in [6, 6.07) is 12.8. The van der Waals surface area contributed by atoms with Crippen LogP contribution in [0.2, 0.25) is 0 Å². The van der Waals surface area contributed by atoms with Gasteiger partial charge in [0.2, 0.25) is 5.76 Å². The molecule has 0 aliphatic rings. The van der Waals surface area contributed by atoms with Gasteiger partial charge in [-0.1, -0.05) is 43.3 Å². The molecule has 0 saturated heterocycles. The molecule has 0 radical (unpaired) electrons. The molecule has 0 spiro atoms. The fourth-order valence-electron chi connectivity index (χ4n) is 2.46. The highest BCUT2D eigenvalue weighted by atomic mass is 35.5. The van der Waals surface area contributed by atoms with Gasteiger partial charge in [0, 0.05) is 18.7 Å². The van der Waals surface area contributed by atoms with Gasteiger partial charge in [-0.15, -0.1) is 12.4 Å². The van der Waals surface area contributed by atoms with Crippen LogP contribution in [0.1, 0.15) is 47.4 Å². The molecular weight excluding hydrogens is 354 g/mol. The first kappa shape index (κ1) is 19.8. The smallest absolute Gasteiger partial charge is 0.273 e. The fraction of sp³-hybridized carbons (Fsp3) is 0.263. The summed E-state index contributed by atoms with van der Waals surface area (Å²) in [7, 11) is 0. The monoisotopic (exact) mass is 375 g/mol.